The van der Waals surface area contributed by atoms with Crippen molar-refractivity contribution >= 4 is 17.3 Å². The Balaban J connectivity index is 1.53. The van der Waals surface area contributed by atoms with Crippen molar-refractivity contribution < 1.29 is 22.4 Å². The summed E-state index contributed by atoms with van der Waals surface area (Å²) in [6, 6.07) is 11.4. The number of carbonyl (C=O) groups excluding carboxylic acids is 1. The van der Waals surface area contributed by atoms with Crippen molar-refractivity contribution in [3.63, 3.8) is 0 Å². The molecule has 1 aliphatic carbocycles. The molecule has 1 fully saturated rings. The van der Waals surface area contributed by atoms with E-state index < -0.39 is 34.6 Å². The number of alkyl halides is 3. The van der Waals surface area contributed by atoms with Crippen molar-refractivity contribution in [1.29, 1.82) is 5.41 Å². The van der Waals surface area contributed by atoms with Crippen molar-refractivity contribution in [3.05, 3.63) is 113 Å². The number of nitrogens with zero attached hydrogens (tertiary/aromatic N) is 2. The van der Waals surface area contributed by atoms with Crippen LogP contribution in [0.1, 0.15) is 28.8 Å². The Kier molecular flexibility index (Phi) is 7.56. The van der Waals surface area contributed by atoms with Crippen LogP contribution in [-0.4, -0.2) is 34.2 Å². The fourth-order valence-corrected chi connectivity index (χ4v) is 4.58. The molecule has 0 radical (unpaired) electrons. The van der Waals surface area contributed by atoms with Crippen LogP contribution >= 0.6 is 0 Å². The molecule has 40 heavy (non-hydrogen) atoms. The molecule has 1 atom stereocenters. The first kappa shape index (κ1) is 26.9. The van der Waals surface area contributed by atoms with Crippen LogP contribution in [0.15, 0.2) is 96.1 Å². The van der Waals surface area contributed by atoms with Gasteiger partial charge in [0.2, 0.25) is 0 Å². The van der Waals surface area contributed by atoms with Crippen LogP contribution in [0.25, 0.3) is 11.4 Å². The minimum Gasteiger partial charge on any atom is -0.341 e. The Labute approximate surface area is 227 Å². The second kappa shape index (κ2) is 11.2. The lowest BCUT2D eigenvalue weighted by Gasteiger charge is -2.21. The first-order valence-corrected chi connectivity index (χ1v) is 12.5. The summed E-state index contributed by atoms with van der Waals surface area (Å²) in [5.41, 5.74) is -0.547. The highest BCUT2D eigenvalue weighted by atomic mass is 19.4. The summed E-state index contributed by atoms with van der Waals surface area (Å²) in [5, 5.41) is 17.6. The van der Waals surface area contributed by atoms with E-state index in [9.17, 15) is 18.0 Å². The smallest absolute Gasteiger partial charge is 0.341 e. The molecule has 2 aromatic carbocycles. The molecule has 1 saturated heterocycles. The van der Waals surface area contributed by atoms with Crippen LogP contribution in [0.3, 0.4) is 0 Å². The fraction of sp³-hybridized carbons (Fsp3) is 0.172. The number of para-hydroxylation sites is 1. The number of benzene rings is 2. The summed E-state index contributed by atoms with van der Waals surface area (Å²) < 4.78 is 56.3. The summed E-state index contributed by atoms with van der Waals surface area (Å²) in [5.74, 6) is -2.61. The molecule has 1 aromatic heterocycles. The van der Waals surface area contributed by atoms with Crippen molar-refractivity contribution in [2.75, 3.05) is 11.9 Å². The van der Waals surface area contributed by atoms with E-state index in [-0.39, 0.29) is 29.5 Å². The molecule has 204 valence electrons. The number of hydrogen-bond donors (Lipinski definition) is 4. The third kappa shape index (κ3) is 5.84. The maximum absolute atomic E-state index is 15.0. The van der Waals surface area contributed by atoms with E-state index in [1.807, 2.05) is 6.08 Å². The zero-order chi connectivity index (χ0) is 28.3. The third-order valence-electron chi connectivity index (χ3n) is 6.52. The molecular weight excluding hydrogens is 524 g/mol. The van der Waals surface area contributed by atoms with Gasteiger partial charge in [0.1, 0.15) is 11.6 Å². The van der Waals surface area contributed by atoms with Crippen molar-refractivity contribution in [3.8, 4) is 11.4 Å². The highest BCUT2D eigenvalue weighted by Gasteiger charge is 2.36. The zero-order valence-corrected chi connectivity index (χ0v) is 21.0. The quantitative estimate of drug-likeness (QED) is 0.300. The summed E-state index contributed by atoms with van der Waals surface area (Å²) >= 11 is 0. The van der Waals surface area contributed by atoms with Gasteiger partial charge >= 0.3 is 6.18 Å². The standard InChI is InChI=1S/C29H24F4N6O/c30-23-16-22(29(31,32)33)20(26-36-12-5-13-37-26)15-21(23)28(40)39-27(38-18-6-2-1-3-7-18)19-10-9-17(14-24(19)34)25-8-4-11-35-25/h1-3,5-7,9-10,12-16,25,34-35,38H,4,8,11H2,(H,39,40)/b27-19+,34-24?. The second-order valence-corrected chi connectivity index (χ2v) is 9.22. The molecule has 11 heteroatoms. The number of hydrogen-bond acceptors (Lipinski definition) is 6. The average molecular weight is 549 g/mol. The Morgan fingerprint density at radius 2 is 1.80 bits per heavy atom. The van der Waals surface area contributed by atoms with Gasteiger partial charge in [0, 0.05) is 35.3 Å². The molecular formula is C29H24F4N6O. The van der Waals surface area contributed by atoms with Crippen LogP contribution in [-0.2, 0) is 6.18 Å². The maximum atomic E-state index is 15.0. The molecule has 3 aromatic rings. The Hall–Kier alpha value is -4.64. The van der Waals surface area contributed by atoms with Crippen LogP contribution in [0, 0.1) is 11.2 Å². The minimum atomic E-state index is -4.91. The molecule has 0 spiro atoms. The Morgan fingerprint density at radius 1 is 1.05 bits per heavy atom. The molecule has 7 nitrogen and oxygen atoms in total. The minimum absolute atomic E-state index is 0.0731. The highest BCUT2D eigenvalue weighted by molar-refractivity contribution is 6.11. The van der Waals surface area contributed by atoms with E-state index in [1.165, 1.54) is 18.5 Å². The van der Waals surface area contributed by atoms with Crippen LogP contribution in [0.4, 0.5) is 23.2 Å². The van der Waals surface area contributed by atoms with E-state index in [0.717, 1.165) is 31.0 Å². The number of anilines is 1. The lowest BCUT2D eigenvalue weighted by Crippen LogP contribution is -2.31. The van der Waals surface area contributed by atoms with Gasteiger partial charge in [-0.3, -0.25) is 4.79 Å². The van der Waals surface area contributed by atoms with Crippen molar-refractivity contribution in [1.82, 2.24) is 20.6 Å². The van der Waals surface area contributed by atoms with Gasteiger partial charge in [-0.15, -0.1) is 0 Å². The van der Waals surface area contributed by atoms with Gasteiger partial charge in [-0.1, -0.05) is 24.3 Å². The normalized spacial score (nSPS) is 18.4. The molecule has 2 heterocycles. The number of carbonyl (C=O) groups is 1. The molecule has 2 aliphatic rings. The van der Waals surface area contributed by atoms with E-state index in [1.54, 1.807) is 42.5 Å². The number of rotatable bonds is 6. The predicted octanol–water partition coefficient (Wildman–Crippen LogP) is 5.62. The van der Waals surface area contributed by atoms with Gasteiger partial charge in [-0.25, -0.2) is 14.4 Å². The lowest BCUT2D eigenvalue weighted by atomic mass is 9.94. The van der Waals surface area contributed by atoms with Crippen LogP contribution in [0.2, 0.25) is 0 Å². The molecule has 1 amide bonds. The molecule has 4 N–H and O–H groups in total. The van der Waals surface area contributed by atoms with E-state index in [0.29, 0.717) is 11.3 Å². The molecule has 1 aliphatic heterocycles. The van der Waals surface area contributed by atoms with E-state index >= 15 is 4.39 Å². The SMILES string of the molecule is N=C1C=C(C2CCCN2)C=C/C1=C(\NC(=O)c1cc(-c2ncccn2)c(C(F)(F)F)cc1F)Nc1ccccc1. The number of allylic oxidation sites excluding steroid dienone is 3. The third-order valence-corrected chi connectivity index (χ3v) is 6.52. The van der Waals surface area contributed by atoms with Gasteiger partial charge in [0.15, 0.2) is 5.82 Å². The lowest BCUT2D eigenvalue weighted by molar-refractivity contribution is -0.137. The second-order valence-electron chi connectivity index (χ2n) is 9.22. The molecule has 5 rings (SSSR count). The van der Waals surface area contributed by atoms with Gasteiger partial charge in [-0.2, -0.15) is 13.2 Å². The summed E-state index contributed by atoms with van der Waals surface area (Å²) in [6.07, 6.45) is 4.78. The fourth-order valence-electron chi connectivity index (χ4n) is 4.58. The van der Waals surface area contributed by atoms with E-state index in [2.05, 4.69) is 25.9 Å². The summed E-state index contributed by atoms with van der Waals surface area (Å²) in [7, 11) is 0. The molecule has 0 saturated carbocycles. The van der Waals surface area contributed by atoms with Gasteiger partial charge in [-0.05, 0) is 67.4 Å². The average Bonchev–Trinajstić information content (AvgIpc) is 3.48. The number of halogens is 4. The first-order valence-electron chi connectivity index (χ1n) is 12.5. The molecule has 0 bridgehead atoms. The topological polar surface area (TPSA) is 103 Å². The first-order chi connectivity index (χ1) is 19.2. The van der Waals surface area contributed by atoms with Gasteiger partial charge < -0.3 is 21.4 Å². The van der Waals surface area contributed by atoms with E-state index in [4.69, 9.17) is 5.41 Å². The maximum Gasteiger partial charge on any atom is 0.417 e. The van der Waals surface area contributed by atoms with Gasteiger partial charge in [0.05, 0.1) is 16.8 Å². The monoisotopic (exact) mass is 548 g/mol. The highest BCUT2D eigenvalue weighted by Crippen LogP contribution is 2.37. The largest absolute Gasteiger partial charge is 0.417 e. The summed E-state index contributed by atoms with van der Waals surface area (Å²) in [6.45, 7) is 0.886. The van der Waals surface area contributed by atoms with Crippen LogP contribution in [0.5, 0.6) is 0 Å². The predicted molar refractivity (Wildman–Crippen MR) is 143 cm³/mol. The van der Waals surface area contributed by atoms with Gasteiger partial charge in [0.25, 0.3) is 5.91 Å². The number of aromatic nitrogens is 2. The summed E-state index contributed by atoms with van der Waals surface area (Å²) in [4.78, 5) is 21.1. The van der Waals surface area contributed by atoms with Crippen LogP contribution < -0.4 is 16.0 Å². The zero-order valence-electron chi connectivity index (χ0n) is 21.0. The van der Waals surface area contributed by atoms with Crippen molar-refractivity contribution in [2.45, 2.75) is 25.1 Å². The number of amides is 1. The number of nitrogens with one attached hydrogen (secondary N) is 4. The molecule has 1 unspecified atom stereocenters. The Morgan fingerprint density at radius 3 is 2.45 bits per heavy atom. The van der Waals surface area contributed by atoms with Crippen molar-refractivity contribution in [2.24, 2.45) is 0 Å². The Bertz CT molecular complexity index is 1530.